The number of hydrogen-bond acceptors (Lipinski definition) is 5. The van der Waals surface area contributed by atoms with E-state index in [1.807, 2.05) is 31.0 Å². The van der Waals surface area contributed by atoms with E-state index in [2.05, 4.69) is 15.4 Å². The van der Waals surface area contributed by atoms with E-state index in [1.54, 1.807) is 16.0 Å². The van der Waals surface area contributed by atoms with Crippen LogP contribution >= 0.6 is 11.3 Å². The molecular formula is C11H17N5S. The van der Waals surface area contributed by atoms with Gasteiger partial charge in [-0.1, -0.05) is 0 Å². The zero-order chi connectivity index (χ0) is 12.1. The number of thiazole rings is 1. The number of hydrogen-bond donors (Lipinski definition) is 2. The standard InChI is InChI=1S/C11H17N5S/c1-16-8-9(6-15-16)10(12)7-13-3-2-11-14-4-5-17-11/h4-6,8,10,13H,2-3,7,12H2,1H3. The first kappa shape index (κ1) is 12.2. The Labute approximate surface area is 105 Å². The summed E-state index contributed by atoms with van der Waals surface area (Å²) >= 11 is 1.69. The highest BCUT2D eigenvalue weighted by atomic mass is 32.1. The molecular weight excluding hydrogens is 234 g/mol. The molecule has 2 heterocycles. The molecule has 0 spiro atoms. The van der Waals surface area contributed by atoms with Crippen LogP contribution in [0.5, 0.6) is 0 Å². The van der Waals surface area contributed by atoms with Crippen molar-refractivity contribution in [3.05, 3.63) is 34.5 Å². The summed E-state index contributed by atoms with van der Waals surface area (Å²) in [6.07, 6.45) is 6.55. The lowest BCUT2D eigenvalue weighted by atomic mass is 10.2. The van der Waals surface area contributed by atoms with Gasteiger partial charge in [0.15, 0.2) is 0 Å². The van der Waals surface area contributed by atoms with Crippen molar-refractivity contribution in [2.45, 2.75) is 12.5 Å². The van der Waals surface area contributed by atoms with E-state index in [0.717, 1.165) is 30.1 Å². The summed E-state index contributed by atoms with van der Waals surface area (Å²) in [6, 6.07) is -0.00000472. The first-order valence-electron chi connectivity index (χ1n) is 5.59. The van der Waals surface area contributed by atoms with E-state index < -0.39 is 0 Å². The molecule has 5 nitrogen and oxygen atoms in total. The van der Waals surface area contributed by atoms with Gasteiger partial charge < -0.3 is 11.1 Å². The fourth-order valence-electron chi connectivity index (χ4n) is 1.58. The molecule has 2 rings (SSSR count). The van der Waals surface area contributed by atoms with Gasteiger partial charge in [-0.25, -0.2) is 4.98 Å². The zero-order valence-corrected chi connectivity index (χ0v) is 10.7. The van der Waals surface area contributed by atoms with Gasteiger partial charge in [0.05, 0.1) is 11.2 Å². The minimum Gasteiger partial charge on any atom is -0.323 e. The molecule has 0 aliphatic heterocycles. The van der Waals surface area contributed by atoms with Crippen LogP contribution in [0.4, 0.5) is 0 Å². The molecule has 17 heavy (non-hydrogen) atoms. The Morgan fingerprint density at radius 3 is 3.12 bits per heavy atom. The Kier molecular flexibility index (Phi) is 4.24. The van der Waals surface area contributed by atoms with Gasteiger partial charge in [0.1, 0.15) is 0 Å². The molecule has 0 fully saturated rings. The molecule has 3 N–H and O–H groups in total. The van der Waals surface area contributed by atoms with Crippen LogP contribution in [0.3, 0.4) is 0 Å². The van der Waals surface area contributed by atoms with Gasteiger partial charge in [-0.15, -0.1) is 11.3 Å². The number of aryl methyl sites for hydroxylation is 1. The van der Waals surface area contributed by atoms with Crippen molar-refractivity contribution in [1.29, 1.82) is 0 Å². The summed E-state index contributed by atoms with van der Waals surface area (Å²) < 4.78 is 1.77. The van der Waals surface area contributed by atoms with Gasteiger partial charge in [-0.3, -0.25) is 4.68 Å². The largest absolute Gasteiger partial charge is 0.323 e. The van der Waals surface area contributed by atoms with Gasteiger partial charge in [0, 0.05) is 55.9 Å². The van der Waals surface area contributed by atoms with Gasteiger partial charge in [-0.2, -0.15) is 5.10 Å². The van der Waals surface area contributed by atoms with Gasteiger partial charge in [-0.05, 0) is 0 Å². The third kappa shape index (κ3) is 3.62. The normalized spacial score (nSPS) is 12.8. The highest BCUT2D eigenvalue weighted by Crippen LogP contribution is 2.07. The Balaban J connectivity index is 1.68. The SMILES string of the molecule is Cn1cc(C(N)CNCCc2nccs2)cn1. The number of nitrogens with one attached hydrogen (secondary N) is 1. The van der Waals surface area contributed by atoms with Crippen molar-refractivity contribution in [2.24, 2.45) is 12.8 Å². The zero-order valence-electron chi connectivity index (χ0n) is 9.84. The van der Waals surface area contributed by atoms with Crippen molar-refractivity contribution < 1.29 is 0 Å². The lowest BCUT2D eigenvalue weighted by molar-refractivity contribution is 0.598. The topological polar surface area (TPSA) is 68.8 Å². The fourth-order valence-corrected chi connectivity index (χ4v) is 2.20. The average molecular weight is 251 g/mol. The summed E-state index contributed by atoms with van der Waals surface area (Å²) in [5.41, 5.74) is 7.10. The van der Waals surface area contributed by atoms with Gasteiger partial charge in [0.25, 0.3) is 0 Å². The van der Waals surface area contributed by atoms with E-state index in [9.17, 15) is 0 Å². The number of nitrogens with zero attached hydrogens (tertiary/aromatic N) is 3. The van der Waals surface area contributed by atoms with Crippen LogP contribution in [0.25, 0.3) is 0 Å². The van der Waals surface area contributed by atoms with Crippen molar-refractivity contribution in [3.8, 4) is 0 Å². The van der Waals surface area contributed by atoms with Crippen LogP contribution in [0.15, 0.2) is 24.0 Å². The van der Waals surface area contributed by atoms with Crippen molar-refractivity contribution >= 4 is 11.3 Å². The summed E-state index contributed by atoms with van der Waals surface area (Å²) in [7, 11) is 1.89. The molecule has 2 aromatic heterocycles. The predicted octanol–water partition coefficient (Wildman–Crippen LogP) is 0.709. The molecule has 92 valence electrons. The minimum atomic E-state index is -0.00000472. The molecule has 2 aromatic rings. The summed E-state index contributed by atoms with van der Waals surface area (Å²) in [6.45, 7) is 1.67. The quantitative estimate of drug-likeness (QED) is 0.742. The number of nitrogens with two attached hydrogens (primary N) is 1. The smallest absolute Gasteiger partial charge is 0.0937 e. The Hall–Kier alpha value is -1.24. The van der Waals surface area contributed by atoms with E-state index in [0.29, 0.717) is 0 Å². The summed E-state index contributed by atoms with van der Waals surface area (Å²) in [4.78, 5) is 4.23. The third-order valence-corrected chi connectivity index (χ3v) is 3.36. The molecule has 0 aliphatic carbocycles. The van der Waals surface area contributed by atoms with Crippen LogP contribution in [0.2, 0.25) is 0 Å². The summed E-state index contributed by atoms with van der Waals surface area (Å²) in [5.74, 6) is 0. The van der Waals surface area contributed by atoms with E-state index in [1.165, 1.54) is 0 Å². The average Bonchev–Trinajstić information content (AvgIpc) is 2.95. The molecule has 1 atom stereocenters. The molecule has 0 aliphatic rings. The second kappa shape index (κ2) is 5.90. The highest BCUT2D eigenvalue weighted by Gasteiger charge is 2.07. The minimum absolute atomic E-state index is 0.00000472. The van der Waals surface area contributed by atoms with Gasteiger partial charge in [0.2, 0.25) is 0 Å². The molecule has 0 aromatic carbocycles. The molecule has 0 bridgehead atoms. The summed E-state index contributed by atoms with van der Waals surface area (Å²) in [5, 5.41) is 10.6. The van der Waals surface area contributed by atoms with Crippen LogP contribution in [-0.4, -0.2) is 27.9 Å². The molecule has 0 saturated carbocycles. The first-order valence-corrected chi connectivity index (χ1v) is 6.47. The van der Waals surface area contributed by atoms with Crippen molar-refractivity contribution in [3.63, 3.8) is 0 Å². The first-order chi connectivity index (χ1) is 8.25. The molecule has 6 heteroatoms. The van der Waals surface area contributed by atoms with Crippen LogP contribution in [-0.2, 0) is 13.5 Å². The Morgan fingerprint density at radius 2 is 2.47 bits per heavy atom. The Bertz CT molecular complexity index is 436. The molecule has 0 saturated heterocycles. The van der Waals surface area contributed by atoms with E-state index >= 15 is 0 Å². The van der Waals surface area contributed by atoms with Crippen LogP contribution in [0.1, 0.15) is 16.6 Å². The number of rotatable bonds is 6. The maximum Gasteiger partial charge on any atom is 0.0937 e. The predicted molar refractivity (Wildman–Crippen MR) is 68.8 cm³/mol. The maximum absolute atomic E-state index is 6.04. The Morgan fingerprint density at radius 1 is 1.59 bits per heavy atom. The van der Waals surface area contributed by atoms with Crippen LogP contribution < -0.4 is 11.1 Å². The second-order valence-corrected chi connectivity index (χ2v) is 4.91. The monoisotopic (exact) mass is 251 g/mol. The molecule has 0 radical (unpaired) electrons. The van der Waals surface area contributed by atoms with Crippen molar-refractivity contribution in [2.75, 3.05) is 13.1 Å². The molecule has 1 unspecified atom stereocenters. The molecule has 0 amide bonds. The van der Waals surface area contributed by atoms with E-state index in [-0.39, 0.29) is 6.04 Å². The number of aromatic nitrogens is 3. The maximum atomic E-state index is 6.04. The second-order valence-electron chi connectivity index (χ2n) is 3.93. The lowest BCUT2D eigenvalue weighted by Crippen LogP contribution is -2.28. The third-order valence-electron chi connectivity index (χ3n) is 2.52. The van der Waals surface area contributed by atoms with Crippen molar-refractivity contribution in [1.82, 2.24) is 20.1 Å². The lowest BCUT2D eigenvalue weighted by Gasteiger charge is -2.10. The van der Waals surface area contributed by atoms with Gasteiger partial charge >= 0.3 is 0 Å². The highest BCUT2D eigenvalue weighted by molar-refractivity contribution is 7.09. The van der Waals surface area contributed by atoms with E-state index in [4.69, 9.17) is 5.73 Å². The fraction of sp³-hybridized carbons (Fsp3) is 0.455. The van der Waals surface area contributed by atoms with Crippen LogP contribution in [0, 0.1) is 0 Å².